The summed E-state index contributed by atoms with van der Waals surface area (Å²) < 4.78 is 26.5. The normalized spacial score (nSPS) is 19.1. The number of aliphatic hydroxyl groups is 1. The van der Waals surface area contributed by atoms with Crippen LogP contribution in [0.25, 0.3) is 0 Å². The van der Waals surface area contributed by atoms with E-state index in [1.807, 2.05) is 0 Å². The molecule has 1 aromatic rings. The Balaban J connectivity index is 1.85. The van der Waals surface area contributed by atoms with Crippen molar-refractivity contribution in [2.24, 2.45) is 5.92 Å². The molecule has 21 heavy (non-hydrogen) atoms. The highest BCUT2D eigenvalue weighted by Crippen LogP contribution is 2.19. The van der Waals surface area contributed by atoms with E-state index in [1.165, 1.54) is 12.1 Å². The molecule has 1 fully saturated rings. The molecule has 1 aromatic carbocycles. The molecule has 2 rings (SSSR count). The molecule has 118 valence electrons. The Labute approximate surface area is 125 Å². The largest absolute Gasteiger partial charge is 0.387 e. The van der Waals surface area contributed by atoms with E-state index in [2.05, 4.69) is 23.6 Å². The van der Waals surface area contributed by atoms with Crippen LogP contribution in [0.2, 0.25) is 0 Å². The summed E-state index contributed by atoms with van der Waals surface area (Å²) in [6.45, 7) is 9.55. The number of aliphatic hydroxyl groups excluding tert-OH is 1. The first-order chi connectivity index (χ1) is 9.95. The topological polar surface area (TPSA) is 26.7 Å². The number of piperazine rings is 1. The zero-order valence-electron chi connectivity index (χ0n) is 12.7. The first-order valence-corrected chi connectivity index (χ1v) is 7.53. The maximum absolute atomic E-state index is 13.6. The van der Waals surface area contributed by atoms with Gasteiger partial charge in [-0.05, 0) is 12.0 Å². The zero-order valence-corrected chi connectivity index (χ0v) is 12.7. The Kier molecular flexibility index (Phi) is 5.67. The molecule has 0 bridgehead atoms. The lowest BCUT2D eigenvalue weighted by atomic mass is 10.1. The molecule has 1 aliphatic heterocycles. The number of rotatable bonds is 5. The van der Waals surface area contributed by atoms with Crippen molar-refractivity contribution in [3.63, 3.8) is 0 Å². The first-order valence-electron chi connectivity index (χ1n) is 7.53. The Bertz CT molecular complexity index is 460. The minimum Gasteiger partial charge on any atom is -0.387 e. The molecule has 0 aromatic heterocycles. The summed E-state index contributed by atoms with van der Waals surface area (Å²) in [7, 11) is 0. The highest BCUT2D eigenvalue weighted by Gasteiger charge is 2.21. The maximum Gasteiger partial charge on any atom is 0.131 e. The SMILES string of the molecule is CC(C)CN1CCN(CC(O)c2ccc(F)cc2F)CC1. The zero-order chi connectivity index (χ0) is 15.4. The van der Waals surface area contributed by atoms with Crippen LogP contribution < -0.4 is 0 Å². The van der Waals surface area contributed by atoms with Crippen LogP contribution in [0, 0.1) is 17.6 Å². The van der Waals surface area contributed by atoms with Crippen molar-refractivity contribution in [2.45, 2.75) is 20.0 Å². The van der Waals surface area contributed by atoms with Gasteiger partial charge in [-0.15, -0.1) is 0 Å². The van der Waals surface area contributed by atoms with Gasteiger partial charge in [-0.1, -0.05) is 19.9 Å². The van der Waals surface area contributed by atoms with Gasteiger partial charge < -0.3 is 10.0 Å². The molecule has 5 heteroatoms. The minimum absolute atomic E-state index is 0.168. The van der Waals surface area contributed by atoms with Gasteiger partial charge in [0.1, 0.15) is 11.6 Å². The number of benzene rings is 1. The summed E-state index contributed by atoms with van der Waals surface area (Å²) in [5, 5.41) is 10.1. The van der Waals surface area contributed by atoms with Gasteiger partial charge in [0.15, 0.2) is 0 Å². The minimum atomic E-state index is -0.915. The summed E-state index contributed by atoms with van der Waals surface area (Å²) in [4.78, 5) is 4.54. The van der Waals surface area contributed by atoms with Crippen LogP contribution in [0.15, 0.2) is 18.2 Å². The lowest BCUT2D eigenvalue weighted by molar-refractivity contribution is 0.0671. The van der Waals surface area contributed by atoms with Crippen molar-refractivity contribution in [1.82, 2.24) is 9.80 Å². The van der Waals surface area contributed by atoms with Crippen molar-refractivity contribution >= 4 is 0 Å². The molecule has 1 aliphatic rings. The van der Waals surface area contributed by atoms with Crippen LogP contribution in [-0.4, -0.2) is 54.2 Å². The molecule has 0 saturated carbocycles. The van der Waals surface area contributed by atoms with E-state index in [9.17, 15) is 13.9 Å². The smallest absolute Gasteiger partial charge is 0.131 e. The number of hydrogen-bond donors (Lipinski definition) is 1. The predicted molar refractivity (Wildman–Crippen MR) is 79.0 cm³/mol. The van der Waals surface area contributed by atoms with Gasteiger partial charge in [-0.3, -0.25) is 4.90 Å². The second-order valence-electron chi connectivity index (χ2n) is 6.18. The van der Waals surface area contributed by atoms with Crippen molar-refractivity contribution in [3.05, 3.63) is 35.4 Å². The monoisotopic (exact) mass is 298 g/mol. The summed E-state index contributed by atoms with van der Waals surface area (Å²) >= 11 is 0. The van der Waals surface area contributed by atoms with E-state index >= 15 is 0 Å². The van der Waals surface area contributed by atoms with E-state index in [0.717, 1.165) is 38.8 Å². The van der Waals surface area contributed by atoms with E-state index < -0.39 is 17.7 Å². The molecule has 0 radical (unpaired) electrons. The summed E-state index contributed by atoms with van der Waals surface area (Å²) in [6, 6.07) is 3.33. The van der Waals surface area contributed by atoms with Crippen LogP contribution >= 0.6 is 0 Å². The van der Waals surface area contributed by atoms with Crippen LogP contribution in [0.5, 0.6) is 0 Å². The molecule has 3 nitrogen and oxygen atoms in total. The molecule has 0 aliphatic carbocycles. The fourth-order valence-corrected chi connectivity index (χ4v) is 2.79. The highest BCUT2D eigenvalue weighted by molar-refractivity contribution is 5.21. The number of halogens is 2. The lowest BCUT2D eigenvalue weighted by Crippen LogP contribution is -2.48. The third-order valence-electron chi connectivity index (χ3n) is 3.84. The van der Waals surface area contributed by atoms with E-state index in [1.54, 1.807) is 0 Å². The van der Waals surface area contributed by atoms with Crippen molar-refractivity contribution in [1.29, 1.82) is 0 Å². The van der Waals surface area contributed by atoms with Gasteiger partial charge in [0.05, 0.1) is 6.10 Å². The summed E-state index contributed by atoms with van der Waals surface area (Å²) in [5.41, 5.74) is 0.168. The molecule has 1 saturated heterocycles. The molecule has 1 N–H and O–H groups in total. The van der Waals surface area contributed by atoms with E-state index in [-0.39, 0.29) is 5.56 Å². The predicted octanol–water partition coefficient (Wildman–Crippen LogP) is 2.27. The fraction of sp³-hybridized carbons (Fsp3) is 0.625. The second kappa shape index (κ2) is 7.29. The standard InChI is InChI=1S/C16H24F2N2O/c1-12(2)10-19-5-7-20(8-6-19)11-16(21)14-4-3-13(17)9-15(14)18/h3-4,9,12,16,21H,5-8,10-11H2,1-2H3. The van der Waals surface area contributed by atoms with Gasteiger partial charge in [0.25, 0.3) is 0 Å². The quantitative estimate of drug-likeness (QED) is 0.903. The van der Waals surface area contributed by atoms with Crippen molar-refractivity contribution in [3.8, 4) is 0 Å². The Hall–Kier alpha value is -1.04. The summed E-state index contributed by atoms with van der Waals surface area (Å²) in [6.07, 6.45) is -0.915. The average molecular weight is 298 g/mol. The molecular weight excluding hydrogens is 274 g/mol. The van der Waals surface area contributed by atoms with E-state index in [4.69, 9.17) is 0 Å². The number of nitrogens with zero attached hydrogens (tertiary/aromatic N) is 2. The maximum atomic E-state index is 13.6. The Morgan fingerprint density at radius 1 is 1.05 bits per heavy atom. The van der Waals surface area contributed by atoms with Gasteiger partial charge in [0.2, 0.25) is 0 Å². The van der Waals surface area contributed by atoms with Crippen molar-refractivity contribution < 1.29 is 13.9 Å². The van der Waals surface area contributed by atoms with Gasteiger partial charge in [-0.25, -0.2) is 8.78 Å². The van der Waals surface area contributed by atoms with Gasteiger partial charge in [0, 0.05) is 50.9 Å². The molecule has 0 amide bonds. The molecule has 0 spiro atoms. The van der Waals surface area contributed by atoms with Crippen LogP contribution in [0.1, 0.15) is 25.5 Å². The number of β-amino-alcohol motifs (C(OH)–C–C–N with tert-alkyl or cyclic N) is 1. The third kappa shape index (κ3) is 4.73. The second-order valence-corrected chi connectivity index (χ2v) is 6.18. The third-order valence-corrected chi connectivity index (χ3v) is 3.84. The van der Waals surface area contributed by atoms with E-state index in [0.29, 0.717) is 12.5 Å². The van der Waals surface area contributed by atoms with Crippen LogP contribution in [0.3, 0.4) is 0 Å². The lowest BCUT2D eigenvalue weighted by Gasteiger charge is -2.36. The molecule has 1 atom stereocenters. The Morgan fingerprint density at radius 2 is 1.62 bits per heavy atom. The summed E-state index contributed by atoms with van der Waals surface area (Å²) in [5.74, 6) is -0.651. The van der Waals surface area contributed by atoms with Crippen molar-refractivity contribution in [2.75, 3.05) is 39.3 Å². The highest BCUT2D eigenvalue weighted by atomic mass is 19.1. The van der Waals surface area contributed by atoms with Crippen LogP contribution in [0.4, 0.5) is 8.78 Å². The first kappa shape index (κ1) is 16.3. The Morgan fingerprint density at radius 3 is 2.14 bits per heavy atom. The molecular formula is C16H24F2N2O. The fourth-order valence-electron chi connectivity index (χ4n) is 2.79. The van der Waals surface area contributed by atoms with Crippen LogP contribution in [-0.2, 0) is 0 Å². The number of hydrogen-bond acceptors (Lipinski definition) is 3. The van der Waals surface area contributed by atoms with Gasteiger partial charge in [-0.2, -0.15) is 0 Å². The average Bonchev–Trinajstić information content (AvgIpc) is 2.40. The molecule has 1 unspecified atom stereocenters. The molecule has 1 heterocycles. The van der Waals surface area contributed by atoms with Gasteiger partial charge >= 0.3 is 0 Å².